The molecule has 1 N–H and O–H groups in total. The molecule has 0 spiro atoms. The SMILES string of the molecule is CNC1CCCCC1Sc1cc(C)ccc1C. The van der Waals surface area contributed by atoms with E-state index >= 15 is 0 Å². The summed E-state index contributed by atoms with van der Waals surface area (Å²) in [6.07, 6.45) is 5.46. The first-order chi connectivity index (χ1) is 8.20. The van der Waals surface area contributed by atoms with Gasteiger partial charge in [0.15, 0.2) is 0 Å². The van der Waals surface area contributed by atoms with Crippen LogP contribution in [-0.4, -0.2) is 18.3 Å². The molecule has 1 aliphatic carbocycles. The van der Waals surface area contributed by atoms with Gasteiger partial charge in [0.05, 0.1) is 0 Å². The first kappa shape index (κ1) is 13.0. The molecule has 1 aliphatic rings. The second kappa shape index (κ2) is 5.92. The van der Waals surface area contributed by atoms with Crippen LogP contribution >= 0.6 is 11.8 Å². The average Bonchev–Trinajstić information content (AvgIpc) is 2.34. The van der Waals surface area contributed by atoms with Crippen molar-refractivity contribution in [3.8, 4) is 0 Å². The van der Waals surface area contributed by atoms with Crippen molar-refractivity contribution in [1.29, 1.82) is 0 Å². The minimum atomic E-state index is 0.689. The fourth-order valence-electron chi connectivity index (χ4n) is 2.57. The Hall–Kier alpha value is -0.470. The molecular formula is C15H23NS. The van der Waals surface area contributed by atoms with E-state index in [-0.39, 0.29) is 0 Å². The Balaban J connectivity index is 2.10. The smallest absolute Gasteiger partial charge is 0.0248 e. The standard InChI is InChI=1S/C15H23NS/c1-11-8-9-12(2)15(10-11)17-14-7-5-4-6-13(14)16-3/h8-10,13-14,16H,4-7H2,1-3H3. The lowest BCUT2D eigenvalue weighted by atomic mass is 9.95. The van der Waals surface area contributed by atoms with Crippen molar-refractivity contribution in [2.75, 3.05) is 7.05 Å². The molecule has 2 atom stereocenters. The third-order valence-electron chi connectivity index (χ3n) is 3.70. The quantitative estimate of drug-likeness (QED) is 0.871. The van der Waals surface area contributed by atoms with Crippen molar-refractivity contribution in [2.45, 2.75) is 55.7 Å². The zero-order valence-electron chi connectivity index (χ0n) is 11.1. The molecule has 0 aromatic heterocycles. The van der Waals surface area contributed by atoms with Gasteiger partial charge in [-0.05, 0) is 45.4 Å². The predicted molar refractivity (Wildman–Crippen MR) is 76.9 cm³/mol. The first-order valence-electron chi connectivity index (χ1n) is 6.62. The van der Waals surface area contributed by atoms with Crippen LogP contribution < -0.4 is 5.32 Å². The van der Waals surface area contributed by atoms with Gasteiger partial charge in [-0.15, -0.1) is 11.8 Å². The summed E-state index contributed by atoms with van der Waals surface area (Å²) in [5.74, 6) is 0. The van der Waals surface area contributed by atoms with Crippen LogP contribution in [0.4, 0.5) is 0 Å². The van der Waals surface area contributed by atoms with Gasteiger partial charge in [-0.3, -0.25) is 0 Å². The normalized spacial score (nSPS) is 24.9. The molecule has 1 saturated carbocycles. The zero-order valence-corrected chi connectivity index (χ0v) is 11.9. The highest BCUT2D eigenvalue weighted by Crippen LogP contribution is 2.35. The Morgan fingerprint density at radius 1 is 1.18 bits per heavy atom. The molecule has 1 aromatic carbocycles. The Kier molecular flexibility index (Phi) is 4.52. The molecule has 94 valence electrons. The van der Waals surface area contributed by atoms with E-state index in [2.05, 4.69) is 56.2 Å². The molecule has 17 heavy (non-hydrogen) atoms. The van der Waals surface area contributed by atoms with Gasteiger partial charge in [0.25, 0.3) is 0 Å². The summed E-state index contributed by atoms with van der Waals surface area (Å²) < 4.78 is 0. The molecule has 0 heterocycles. The van der Waals surface area contributed by atoms with E-state index in [1.807, 2.05) is 0 Å². The maximum atomic E-state index is 3.49. The number of aryl methyl sites for hydroxylation is 2. The second-order valence-electron chi connectivity index (χ2n) is 5.10. The van der Waals surface area contributed by atoms with E-state index in [9.17, 15) is 0 Å². The van der Waals surface area contributed by atoms with Crippen molar-refractivity contribution in [3.05, 3.63) is 29.3 Å². The lowest BCUT2D eigenvalue weighted by Crippen LogP contribution is -2.38. The topological polar surface area (TPSA) is 12.0 Å². The Morgan fingerprint density at radius 3 is 2.71 bits per heavy atom. The second-order valence-corrected chi connectivity index (χ2v) is 6.39. The number of benzene rings is 1. The Morgan fingerprint density at radius 2 is 1.94 bits per heavy atom. The van der Waals surface area contributed by atoms with Crippen molar-refractivity contribution in [3.63, 3.8) is 0 Å². The van der Waals surface area contributed by atoms with E-state index in [1.165, 1.54) is 41.7 Å². The average molecular weight is 249 g/mol. The van der Waals surface area contributed by atoms with Gasteiger partial charge in [-0.25, -0.2) is 0 Å². The Bertz CT molecular complexity index is 375. The monoisotopic (exact) mass is 249 g/mol. The summed E-state index contributed by atoms with van der Waals surface area (Å²) in [5.41, 5.74) is 2.79. The minimum absolute atomic E-state index is 0.689. The molecule has 1 fully saturated rings. The maximum Gasteiger partial charge on any atom is 0.0248 e. The number of hydrogen-bond acceptors (Lipinski definition) is 2. The summed E-state index contributed by atoms with van der Waals surface area (Å²) in [5, 5.41) is 4.23. The number of hydrogen-bond donors (Lipinski definition) is 1. The summed E-state index contributed by atoms with van der Waals surface area (Å²) >= 11 is 2.08. The number of nitrogens with one attached hydrogen (secondary N) is 1. The highest BCUT2D eigenvalue weighted by atomic mass is 32.2. The number of thioether (sulfide) groups is 1. The van der Waals surface area contributed by atoms with Gasteiger partial charge in [0.2, 0.25) is 0 Å². The minimum Gasteiger partial charge on any atom is -0.316 e. The molecular weight excluding hydrogens is 226 g/mol. The predicted octanol–water partition coefficient (Wildman–Crippen LogP) is 3.93. The van der Waals surface area contributed by atoms with Gasteiger partial charge in [0, 0.05) is 16.2 Å². The summed E-state index contributed by atoms with van der Waals surface area (Å²) in [4.78, 5) is 1.47. The van der Waals surface area contributed by atoms with Crippen molar-refractivity contribution >= 4 is 11.8 Å². The summed E-state index contributed by atoms with van der Waals surface area (Å²) in [7, 11) is 2.10. The van der Waals surface area contributed by atoms with Crippen LogP contribution in [0.5, 0.6) is 0 Å². The lowest BCUT2D eigenvalue weighted by molar-refractivity contribution is 0.405. The van der Waals surface area contributed by atoms with Crippen LogP contribution in [0.3, 0.4) is 0 Å². The molecule has 0 radical (unpaired) electrons. The van der Waals surface area contributed by atoms with Gasteiger partial charge in [0.1, 0.15) is 0 Å². The molecule has 2 heteroatoms. The number of rotatable bonds is 3. The van der Waals surface area contributed by atoms with Crippen molar-refractivity contribution in [1.82, 2.24) is 5.32 Å². The van der Waals surface area contributed by atoms with Crippen LogP contribution in [-0.2, 0) is 0 Å². The lowest BCUT2D eigenvalue weighted by Gasteiger charge is -2.31. The largest absolute Gasteiger partial charge is 0.316 e. The molecule has 2 rings (SSSR count). The van der Waals surface area contributed by atoms with Crippen LogP contribution in [0.1, 0.15) is 36.8 Å². The van der Waals surface area contributed by atoms with Crippen LogP contribution in [0, 0.1) is 13.8 Å². The molecule has 0 aliphatic heterocycles. The highest BCUT2D eigenvalue weighted by Gasteiger charge is 2.24. The van der Waals surface area contributed by atoms with Gasteiger partial charge < -0.3 is 5.32 Å². The van der Waals surface area contributed by atoms with Crippen LogP contribution in [0.25, 0.3) is 0 Å². The zero-order chi connectivity index (χ0) is 12.3. The van der Waals surface area contributed by atoms with E-state index in [4.69, 9.17) is 0 Å². The van der Waals surface area contributed by atoms with Crippen LogP contribution in [0.2, 0.25) is 0 Å². The third kappa shape index (κ3) is 3.26. The highest BCUT2D eigenvalue weighted by molar-refractivity contribution is 8.00. The molecule has 1 nitrogen and oxygen atoms in total. The van der Waals surface area contributed by atoms with E-state index in [1.54, 1.807) is 0 Å². The fraction of sp³-hybridized carbons (Fsp3) is 0.600. The van der Waals surface area contributed by atoms with E-state index in [0.717, 1.165) is 5.25 Å². The van der Waals surface area contributed by atoms with E-state index in [0.29, 0.717) is 6.04 Å². The third-order valence-corrected chi connectivity index (χ3v) is 5.26. The summed E-state index contributed by atoms with van der Waals surface area (Å²) in [6, 6.07) is 7.47. The summed E-state index contributed by atoms with van der Waals surface area (Å²) in [6.45, 7) is 4.40. The van der Waals surface area contributed by atoms with Gasteiger partial charge >= 0.3 is 0 Å². The van der Waals surface area contributed by atoms with Crippen LogP contribution in [0.15, 0.2) is 23.1 Å². The van der Waals surface area contributed by atoms with Gasteiger partial charge in [-0.1, -0.05) is 30.5 Å². The molecule has 1 aromatic rings. The Labute approximate surface area is 109 Å². The van der Waals surface area contributed by atoms with Gasteiger partial charge in [-0.2, -0.15) is 0 Å². The molecule has 2 unspecified atom stereocenters. The molecule has 0 bridgehead atoms. The maximum absolute atomic E-state index is 3.49. The first-order valence-corrected chi connectivity index (χ1v) is 7.50. The molecule has 0 amide bonds. The van der Waals surface area contributed by atoms with E-state index < -0.39 is 0 Å². The molecule has 0 saturated heterocycles. The van der Waals surface area contributed by atoms with Crippen molar-refractivity contribution in [2.24, 2.45) is 0 Å². The fourth-order valence-corrected chi connectivity index (χ4v) is 4.12. The van der Waals surface area contributed by atoms with Crippen molar-refractivity contribution < 1.29 is 0 Å².